The molecule has 1 atom stereocenters. The minimum absolute atomic E-state index is 0.200. The van der Waals surface area contributed by atoms with E-state index < -0.39 is 6.10 Å². The maximum absolute atomic E-state index is 9.58. The Morgan fingerprint density at radius 1 is 1.35 bits per heavy atom. The zero-order chi connectivity index (χ0) is 12.3. The predicted molar refractivity (Wildman–Crippen MR) is 69.1 cm³/mol. The van der Waals surface area contributed by atoms with Gasteiger partial charge in [-0.2, -0.15) is 0 Å². The normalized spacial score (nSPS) is 22.1. The molecule has 1 heterocycles. The number of methoxy groups -OCH3 is 1. The van der Waals surface area contributed by atoms with Crippen LogP contribution in [0.3, 0.4) is 0 Å². The highest BCUT2D eigenvalue weighted by Crippen LogP contribution is 2.41. The number of hydrogen-bond acceptors (Lipinski definition) is 4. The molecule has 1 aliphatic rings. The lowest BCUT2D eigenvalue weighted by atomic mass is 9.95. The lowest BCUT2D eigenvalue weighted by Gasteiger charge is -2.29. The van der Waals surface area contributed by atoms with Crippen LogP contribution in [-0.4, -0.2) is 17.2 Å². The van der Waals surface area contributed by atoms with Gasteiger partial charge in [0.25, 0.3) is 0 Å². The molecule has 17 heavy (non-hydrogen) atoms. The van der Waals surface area contributed by atoms with Crippen LogP contribution in [0.5, 0.6) is 0 Å². The van der Waals surface area contributed by atoms with Crippen LogP contribution in [0, 0.1) is 0 Å². The third-order valence-corrected chi connectivity index (χ3v) is 4.98. The van der Waals surface area contributed by atoms with E-state index in [1.807, 2.05) is 0 Å². The second kappa shape index (κ2) is 5.46. The standard InChI is InChI=1S/C13H21NO2S/c1-10(15)11-9-14-12(17-11)13(16-2)7-5-3-4-6-8-13/h9-10,15H,3-8H2,1-2H3. The molecule has 0 radical (unpaired) electrons. The van der Waals surface area contributed by atoms with Gasteiger partial charge in [0.15, 0.2) is 0 Å². The molecule has 0 amide bonds. The SMILES string of the molecule is COC1(c2ncc(C(C)O)s2)CCCCCC1. The van der Waals surface area contributed by atoms with Gasteiger partial charge in [-0.05, 0) is 19.8 Å². The Morgan fingerprint density at radius 3 is 2.47 bits per heavy atom. The average Bonchev–Trinajstić information content (AvgIpc) is 2.70. The summed E-state index contributed by atoms with van der Waals surface area (Å²) in [6.07, 6.45) is 8.46. The molecule has 1 fully saturated rings. The van der Waals surface area contributed by atoms with Gasteiger partial charge in [-0.25, -0.2) is 4.98 Å². The maximum atomic E-state index is 9.58. The van der Waals surface area contributed by atoms with Crippen LogP contribution in [-0.2, 0) is 10.3 Å². The molecule has 3 nitrogen and oxygen atoms in total. The lowest BCUT2D eigenvalue weighted by molar-refractivity contribution is -0.0279. The fraction of sp³-hybridized carbons (Fsp3) is 0.769. The molecule has 0 aromatic carbocycles. The van der Waals surface area contributed by atoms with Crippen LogP contribution >= 0.6 is 11.3 Å². The van der Waals surface area contributed by atoms with Gasteiger partial charge in [0.2, 0.25) is 0 Å². The van der Waals surface area contributed by atoms with E-state index in [2.05, 4.69) is 4.98 Å². The minimum Gasteiger partial charge on any atom is -0.388 e. The minimum atomic E-state index is -0.430. The zero-order valence-corrected chi connectivity index (χ0v) is 11.4. The van der Waals surface area contributed by atoms with Crippen molar-refractivity contribution in [2.75, 3.05) is 7.11 Å². The highest BCUT2D eigenvalue weighted by Gasteiger charge is 2.35. The summed E-state index contributed by atoms with van der Waals surface area (Å²) in [6.45, 7) is 1.78. The van der Waals surface area contributed by atoms with E-state index in [0.29, 0.717) is 0 Å². The van der Waals surface area contributed by atoms with E-state index in [-0.39, 0.29) is 5.60 Å². The Morgan fingerprint density at radius 2 is 2.00 bits per heavy atom. The molecule has 0 spiro atoms. The molecule has 1 unspecified atom stereocenters. The molecular formula is C13H21NO2S. The molecule has 1 aromatic rings. The fourth-order valence-electron chi connectivity index (χ4n) is 2.50. The van der Waals surface area contributed by atoms with Crippen LogP contribution in [0.2, 0.25) is 0 Å². The number of thiazole rings is 1. The van der Waals surface area contributed by atoms with Crippen molar-refractivity contribution in [2.45, 2.75) is 57.2 Å². The zero-order valence-electron chi connectivity index (χ0n) is 10.6. The third kappa shape index (κ3) is 2.69. The topological polar surface area (TPSA) is 42.4 Å². The summed E-state index contributed by atoms with van der Waals surface area (Å²) in [7, 11) is 1.79. The van der Waals surface area contributed by atoms with E-state index in [9.17, 15) is 5.11 Å². The molecule has 1 aliphatic carbocycles. The average molecular weight is 255 g/mol. The van der Waals surface area contributed by atoms with Gasteiger partial charge in [-0.15, -0.1) is 11.3 Å². The molecule has 1 saturated carbocycles. The highest BCUT2D eigenvalue weighted by molar-refractivity contribution is 7.11. The monoisotopic (exact) mass is 255 g/mol. The van der Waals surface area contributed by atoms with Crippen molar-refractivity contribution >= 4 is 11.3 Å². The Balaban J connectivity index is 2.25. The van der Waals surface area contributed by atoms with Gasteiger partial charge in [0.05, 0.1) is 11.0 Å². The van der Waals surface area contributed by atoms with Crippen molar-refractivity contribution in [2.24, 2.45) is 0 Å². The first-order valence-corrected chi connectivity index (χ1v) is 7.19. The van der Waals surface area contributed by atoms with Crippen LogP contribution in [0.1, 0.15) is 61.4 Å². The van der Waals surface area contributed by atoms with E-state index >= 15 is 0 Å². The molecule has 2 rings (SSSR count). The van der Waals surface area contributed by atoms with E-state index in [1.165, 1.54) is 25.7 Å². The molecule has 4 heteroatoms. The van der Waals surface area contributed by atoms with Crippen molar-refractivity contribution in [3.05, 3.63) is 16.1 Å². The predicted octanol–water partition coefficient (Wildman–Crippen LogP) is 3.39. The summed E-state index contributed by atoms with van der Waals surface area (Å²) in [4.78, 5) is 5.41. The first-order chi connectivity index (χ1) is 8.18. The van der Waals surface area contributed by atoms with Gasteiger partial charge in [0, 0.05) is 13.3 Å². The second-order valence-corrected chi connectivity index (χ2v) is 5.92. The van der Waals surface area contributed by atoms with Crippen molar-refractivity contribution < 1.29 is 9.84 Å². The smallest absolute Gasteiger partial charge is 0.125 e. The van der Waals surface area contributed by atoms with Crippen LogP contribution in [0.4, 0.5) is 0 Å². The van der Waals surface area contributed by atoms with E-state index in [0.717, 1.165) is 22.7 Å². The van der Waals surface area contributed by atoms with E-state index in [1.54, 1.807) is 31.6 Å². The number of aromatic nitrogens is 1. The largest absolute Gasteiger partial charge is 0.388 e. The summed E-state index contributed by atoms with van der Waals surface area (Å²) >= 11 is 1.59. The van der Waals surface area contributed by atoms with Crippen LogP contribution in [0.25, 0.3) is 0 Å². The number of nitrogens with zero attached hydrogens (tertiary/aromatic N) is 1. The summed E-state index contributed by atoms with van der Waals surface area (Å²) in [5, 5.41) is 10.6. The van der Waals surface area contributed by atoms with Crippen LogP contribution in [0.15, 0.2) is 6.20 Å². The highest BCUT2D eigenvalue weighted by atomic mass is 32.1. The maximum Gasteiger partial charge on any atom is 0.125 e. The van der Waals surface area contributed by atoms with Gasteiger partial charge in [0.1, 0.15) is 10.6 Å². The van der Waals surface area contributed by atoms with Crippen molar-refractivity contribution in [3.8, 4) is 0 Å². The quantitative estimate of drug-likeness (QED) is 0.842. The molecule has 0 aliphatic heterocycles. The summed E-state index contributed by atoms with van der Waals surface area (Å²) in [6, 6.07) is 0. The number of rotatable bonds is 3. The first-order valence-electron chi connectivity index (χ1n) is 6.37. The number of aliphatic hydroxyl groups is 1. The number of ether oxygens (including phenoxy) is 1. The second-order valence-electron chi connectivity index (χ2n) is 4.86. The molecule has 1 aromatic heterocycles. The first kappa shape index (κ1) is 13.0. The van der Waals surface area contributed by atoms with Crippen molar-refractivity contribution in [1.29, 1.82) is 0 Å². The summed E-state index contributed by atoms with van der Waals surface area (Å²) in [5.74, 6) is 0. The van der Waals surface area contributed by atoms with Crippen LogP contribution < -0.4 is 0 Å². The molecular weight excluding hydrogens is 234 g/mol. The number of hydrogen-bond donors (Lipinski definition) is 1. The fourth-order valence-corrected chi connectivity index (χ4v) is 3.57. The van der Waals surface area contributed by atoms with Crippen molar-refractivity contribution in [3.63, 3.8) is 0 Å². The molecule has 0 bridgehead atoms. The molecule has 96 valence electrons. The van der Waals surface area contributed by atoms with Crippen molar-refractivity contribution in [1.82, 2.24) is 4.98 Å². The third-order valence-electron chi connectivity index (χ3n) is 3.63. The van der Waals surface area contributed by atoms with Gasteiger partial charge < -0.3 is 9.84 Å². The summed E-state index contributed by atoms with van der Waals surface area (Å²) < 4.78 is 5.80. The Labute approximate surface area is 107 Å². The lowest BCUT2D eigenvalue weighted by Crippen LogP contribution is -2.27. The Kier molecular flexibility index (Phi) is 4.17. The Hall–Kier alpha value is -0.450. The van der Waals surface area contributed by atoms with Gasteiger partial charge in [-0.1, -0.05) is 25.7 Å². The number of aliphatic hydroxyl groups excluding tert-OH is 1. The molecule has 1 N–H and O–H groups in total. The van der Waals surface area contributed by atoms with E-state index in [4.69, 9.17) is 4.74 Å². The summed E-state index contributed by atoms with van der Waals surface area (Å²) in [5.41, 5.74) is -0.200. The van der Waals surface area contributed by atoms with Gasteiger partial charge in [-0.3, -0.25) is 0 Å². The van der Waals surface area contributed by atoms with Gasteiger partial charge >= 0.3 is 0 Å². The molecule has 0 saturated heterocycles. The Bertz CT molecular complexity index is 354.